The Morgan fingerprint density at radius 3 is 2.21 bits per heavy atom. The second-order valence-corrected chi connectivity index (χ2v) is 9.16. The van der Waals surface area contributed by atoms with Crippen LogP contribution in [0.25, 0.3) is 0 Å². The Labute approximate surface area is 147 Å². The predicted molar refractivity (Wildman–Crippen MR) is 97.2 cm³/mol. The summed E-state index contributed by atoms with van der Waals surface area (Å²) in [5.74, 6) is 0.936. The van der Waals surface area contributed by atoms with Crippen molar-refractivity contribution in [2.75, 3.05) is 26.2 Å². The third-order valence-corrected chi connectivity index (χ3v) is 6.44. The molecule has 0 atom stereocenters. The molecule has 0 radical (unpaired) electrons. The Morgan fingerprint density at radius 2 is 1.75 bits per heavy atom. The van der Waals surface area contributed by atoms with Gasteiger partial charge in [0.2, 0.25) is 0 Å². The summed E-state index contributed by atoms with van der Waals surface area (Å²) >= 11 is 0. The first kappa shape index (κ1) is 18.3. The number of carbonyl (C=O) groups excluding carboxylic acids is 1. The molecule has 4 heteroatoms. The highest BCUT2D eigenvalue weighted by atomic mass is 16.5. The lowest BCUT2D eigenvalue weighted by molar-refractivity contribution is -0.174. The van der Waals surface area contributed by atoms with Gasteiger partial charge in [0.25, 0.3) is 0 Å². The van der Waals surface area contributed by atoms with Crippen LogP contribution in [0.3, 0.4) is 0 Å². The third-order valence-electron chi connectivity index (χ3n) is 6.44. The smallest absolute Gasteiger partial charge is 0.138 e. The van der Waals surface area contributed by atoms with Gasteiger partial charge in [0.15, 0.2) is 0 Å². The number of Topliss-reactive ketones (excluding diaryl/α,β-unsaturated/α-hetero) is 1. The van der Waals surface area contributed by atoms with Crippen LogP contribution in [0.1, 0.15) is 66.2 Å². The van der Waals surface area contributed by atoms with E-state index in [-0.39, 0.29) is 17.1 Å². The molecule has 4 rings (SSSR count). The molecule has 24 heavy (non-hydrogen) atoms. The van der Waals surface area contributed by atoms with Crippen LogP contribution in [0, 0.1) is 11.8 Å². The topological polar surface area (TPSA) is 41.6 Å². The van der Waals surface area contributed by atoms with E-state index in [1.165, 1.54) is 25.7 Å². The van der Waals surface area contributed by atoms with Gasteiger partial charge in [0, 0.05) is 30.0 Å². The Bertz CT molecular complexity index is 428. The van der Waals surface area contributed by atoms with Crippen molar-refractivity contribution < 1.29 is 9.53 Å². The van der Waals surface area contributed by atoms with E-state index in [9.17, 15) is 4.79 Å². The standard InChI is InChI=1S/C20H36N2O2/c1-15(2)18(23)17-5-11-22(12-6-17)13-20-9-7-19(8-10-20,14-24-20)21-16(3)4/h15-17,21H,5-14H2,1-4H3. The van der Waals surface area contributed by atoms with E-state index in [0.717, 1.165) is 39.1 Å². The first-order valence-electron chi connectivity index (χ1n) is 10.0. The van der Waals surface area contributed by atoms with Crippen molar-refractivity contribution in [2.45, 2.75) is 83.4 Å². The molecule has 4 fully saturated rings. The quantitative estimate of drug-likeness (QED) is 0.809. The second-order valence-electron chi connectivity index (χ2n) is 9.16. The predicted octanol–water partition coefficient (Wildman–Crippen LogP) is 3.00. The van der Waals surface area contributed by atoms with Crippen molar-refractivity contribution in [3.63, 3.8) is 0 Å². The van der Waals surface area contributed by atoms with E-state index >= 15 is 0 Å². The number of nitrogens with one attached hydrogen (secondary N) is 1. The second kappa shape index (κ2) is 7.05. The number of fused-ring (bicyclic) bond motifs is 3. The number of likely N-dealkylation sites (tertiary alicyclic amines) is 1. The molecule has 0 amide bonds. The monoisotopic (exact) mass is 336 g/mol. The summed E-state index contributed by atoms with van der Waals surface area (Å²) in [5, 5.41) is 3.76. The molecule has 0 spiro atoms. The third kappa shape index (κ3) is 3.86. The Kier molecular flexibility index (Phi) is 5.39. The molecule has 0 unspecified atom stereocenters. The molecular formula is C20H36N2O2. The van der Waals surface area contributed by atoms with Crippen LogP contribution in [-0.2, 0) is 9.53 Å². The number of ether oxygens (including phenoxy) is 1. The minimum absolute atomic E-state index is 0.0787. The van der Waals surface area contributed by atoms with Crippen molar-refractivity contribution >= 4 is 5.78 Å². The lowest BCUT2D eigenvalue weighted by Gasteiger charge is -2.55. The fourth-order valence-electron chi connectivity index (χ4n) is 5.02. The van der Waals surface area contributed by atoms with Gasteiger partial charge >= 0.3 is 0 Å². The molecule has 3 saturated heterocycles. The van der Waals surface area contributed by atoms with Gasteiger partial charge in [-0.25, -0.2) is 0 Å². The summed E-state index contributed by atoms with van der Waals surface area (Å²) in [7, 11) is 0. The van der Waals surface area contributed by atoms with E-state index in [2.05, 4.69) is 24.1 Å². The maximum Gasteiger partial charge on any atom is 0.138 e. The summed E-state index contributed by atoms with van der Waals surface area (Å²) in [6, 6.07) is 0.525. The molecule has 2 bridgehead atoms. The average molecular weight is 337 g/mol. The molecule has 138 valence electrons. The molecule has 0 aromatic carbocycles. The van der Waals surface area contributed by atoms with Crippen molar-refractivity contribution in [3.05, 3.63) is 0 Å². The van der Waals surface area contributed by atoms with Gasteiger partial charge in [0.05, 0.1) is 12.2 Å². The zero-order chi connectivity index (χ0) is 17.4. The van der Waals surface area contributed by atoms with Crippen LogP contribution in [-0.4, -0.2) is 54.1 Å². The highest BCUT2D eigenvalue weighted by Gasteiger charge is 2.50. The summed E-state index contributed by atoms with van der Waals surface area (Å²) in [5.41, 5.74) is 0.307. The van der Waals surface area contributed by atoms with Crippen LogP contribution in [0.4, 0.5) is 0 Å². The normalized spacial score (nSPS) is 35.1. The van der Waals surface area contributed by atoms with Crippen LogP contribution in [0.2, 0.25) is 0 Å². The highest BCUT2D eigenvalue weighted by molar-refractivity contribution is 5.82. The van der Waals surface area contributed by atoms with Gasteiger partial charge in [-0.15, -0.1) is 0 Å². The van der Waals surface area contributed by atoms with Crippen molar-refractivity contribution in [3.8, 4) is 0 Å². The van der Waals surface area contributed by atoms with E-state index < -0.39 is 0 Å². The number of hydrogen-bond acceptors (Lipinski definition) is 4. The largest absolute Gasteiger partial charge is 0.372 e. The molecule has 3 heterocycles. The molecule has 3 aliphatic heterocycles. The SMILES string of the molecule is CC(C)NC12CCC(CN3CCC(C(=O)C(C)C)CC3)(CC1)OC2. The van der Waals surface area contributed by atoms with Crippen LogP contribution in [0.5, 0.6) is 0 Å². The van der Waals surface area contributed by atoms with Crippen LogP contribution >= 0.6 is 0 Å². The van der Waals surface area contributed by atoms with Crippen molar-refractivity contribution in [2.24, 2.45) is 11.8 Å². The van der Waals surface area contributed by atoms with Gasteiger partial charge in [-0.05, 0) is 51.6 Å². The number of ketones is 1. The van der Waals surface area contributed by atoms with Gasteiger partial charge in [-0.1, -0.05) is 27.7 Å². The number of carbonyl (C=O) groups is 1. The Morgan fingerprint density at radius 1 is 1.12 bits per heavy atom. The van der Waals surface area contributed by atoms with E-state index in [4.69, 9.17) is 4.74 Å². The summed E-state index contributed by atoms with van der Waals surface area (Å²) in [6.07, 6.45) is 6.91. The van der Waals surface area contributed by atoms with Crippen LogP contribution < -0.4 is 5.32 Å². The van der Waals surface area contributed by atoms with Gasteiger partial charge in [0.1, 0.15) is 5.78 Å². The number of nitrogens with zero attached hydrogens (tertiary/aromatic N) is 1. The minimum Gasteiger partial charge on any atom is -0.372 e. The maximum absolute atomic E-state index is 12.2. The van der Waals surface area contributed by atoms with Crippen molar-refractivity contribution in [1.82, 2.24) is 10.2 Å². The van der Waals surface area contributed by atoms with Crippen molar-refractivity contribution in [1.29, 1.82) is 0 Å². The minimum atomic E-state index is 0.0787. The lowest BCUT2D eigenvalue weighted by Crippen LogP contribution is -2.65. The highest BCUT2D eigenvalue weighted by Crippen LogP contribution is 2.44. The van der Waals surface area contributed by atoms with Gasteiger partial charge < -0.3 is 15.0 Å². The zero-order valence-corrected chi connectivity index (χ0v) is 16.1. The fourth-order valence-corrected chi connectivity index (χ4v) is 5.02. The number of hydrogen-bond donors (Lipinski definition) is 1. The lowest BCUT2D eigenvalue weighted by atomic mass is 9.70. The summed E-state index contributed by atoms with van der Waals surface area (Å²) < 4.78 is 6.41. The van der Waals surface area contributed by atoms with Gasteiger partial charge in [-0.2, -0.15) is 0 Å². The average Bonchev–Trinajstić information content (AvgIpc) is 2.56. The van der Waals surface area contributed by atoms with Gasteiger partial charge in [-0.3, -0.25) is 4.79 Å². The molecule has 4 nitrogen and oxygen atoms in total. The van der Waals surface area contributed by atoms with E-state index in [1.807, 2.05) is 13.8 Å². The molecule has 0 aromatic heterocycles. The molecule has 4 aliphatic rings. The summed E-state index contributed by atoms with van der Waals surface area (Å²) in [4.78, 5) is 14.7. The van der Waals surface area contributed by atoms with E-state index in [0.29, 0.717) is 17.7 Å². The fraction of sp³-hybridized carbons (Fsp3) is 0.950. The molecule has 1 saturated carbocycles. The zero-order valence-electron chi connectivity index (χ0n) is 16.1. The number of rotatable bonds is 6. The number of piperidine rings is 1. The first-order valence-corrected chi connectivity index (χ1v) is 10.0. The first-order chi connectivity index (χ1) is 11.3. The Balaban J connectivity index is 1.49. The summed E-state index contributed by atoms with van der Waals surface area (Å²) in [6.45, 7) is 12.6. The molecular weight excluding hydrogens is 300 g/mol. The molecule has 1 aliphatic carbocycles. The molecule has 1 N–H and O–H groups in total. The van der Waals surface area contributed by atoms with Crippen LogP contribution in [0.15, 0.2) is 0 Å². The maximum atomic E-state index is 12.2. The van der Waals surface area contributed by atoms with E-state index in [1.54, 1.807) is 0 Å². The Hall–Kier alpha value is -0.450. The molecule has 0 aromatic rings.